The fraction of sp³-hybridized carbons (Fsp3) is 0.265. The fourth-order valence-electron chi connectivity index (χ4n) is 5.93. The van der Waals surface area contributed by atoms with Crippen LogP contribution in [-0.4, -0.2) is 82.6 Å². The molecular weight excluding hydrogens is 605 g/mol. The number of amides is 1. The van der Waals surface area contributed by atoms with Gasteiger partial charge in [-0.1, -0.05) is 60.7 Å². The highest BCUT2D eigenvalue weighted by Crippen LogP contribution is 2.34. The largest absolute Gasteiger partial charge is 0.348 e. The Bertz CT molecular complexity index is 1860. The number of carbonyl (C=O) groups excluding carboxylic acids is 1. The molecule has 45 heavy (non-hydrogen) atoms. The lowest BCUT2D eigenvalue weighted by atomic mass is 10.1. The van der Waals surface area contributed by atoms with Crippen molar-refractivity contribution in [2.75, 3.05) is 39.3 Å². The van der Waals surface area contributed by atoms with E-state index in [0.717, 1.165) is 62.0 Å². The molecule has 11 heteroatoms. The molecule has 2 saturated heterocycles. The summed E-state index contributed by atoms with van der Waals surface area (Å²) in [5.74, 6) is -0.273. The Morgan fingerprint density at radius 3 is 2.27 bits per heavy atom. The van der Waals surface area contributed by atoms with E-state index in [-0.39, 0.29) is 10.8 Å². The van der Waals surface area contributed by atoms with E-state index in [1.165, 1.54) is 17.3 Å². The third-order valence-electron chi connectivity index (χ3n) is 8.36. The quantitative estimate of drug-likeness (QED) is 0.260. The maximum atomic E-state index is 13.4. The number of sulfonamides is 1. The van der Waals surface area contributed by atoms with Gasteiger partial charge in [-0.15, -0.1) is 0 Å². The Kier molecular flexibility index (Phi) is 8.41. The van der Waals surface area contributed by atoms with Crippen LogP contribution in [0.15, 0.2) is 106 Å². The van der Waals surface area contributed by atoms with Crippen molar-refractivity contribution in [3.05, 3.63) is 107 Å². The van der Waals surface area contributed by atoms with E-state index in [1.54, 1.807) is 27.2 Å². The average molecular weight is 639 g/mol. The first-order valence-electron chi connectivity index (χ1n) is 15.2. The highest BCUT2D eigenvalue weighted by atomic mass is 32.2. The van der Waals surface area contributed by atoms with Crippen LogP contribution in [-0.2, 0) is 21.4 Å². The smallest absolute Gasteiger partial charge is 0.286 e. The first-order valence-corrected chi connectivity index (χ1v) is 17.5. The molecule has 2 fully saturated rings. The number of hydrogen-bond acceptors (Lipinski definition) is 7. The number of thioether (sulfide) groups is 1. The second-order valence-corrected chi connectivity index (χ2v) is 14.4. The highest BCUT2D eigenvalue weighted by molar-refractivity contribution is 8.18. The second-order valence-electron chi connectivity index (χ2n) is 11.4. The summed E-state index contributed by atoms with van der Waals surface area (Å²) >= 11 is 1.39. The van der Waals surface area contributed by atoms with Gasteiger partial charge in [-0.25, -0.2) is 13.1 Å². The van der Waals surface area contributed by atoms with Crippen LogP contribution in [0.1, 0.15) is 24.0 Å². The lowest BCUT2D eigenvalue weighted by Gasteiger charge is -2.35. The lowest BCUT2D eigenvalue weighted by Crippen LogP contribution is -2.47. The number of amidine groups is 1. The van der Waals surface area contributed by atoms with Gasteiger partial charge in [-0.05, 0) is 60.5 Å². The number of rotatable bonds is 7. The number of para-hydroxylation sites is 1. The molecule has 9 nitrogen and oxygen atoms in total. The number of piperazine rings is 1. The number of aromatic nitrogens is 2. The summed E-state index contributed by atoms with van der Waals surface area (Å²) in [4.78, 5) is 23.0. The zero-order valence-electron chi connectivity index (χ0n) is 24.8. The number of aliphatic imine (C=N–C) groups is 1. The van der Waals surface area contributed by atoms with Crippen LogP contribution in [0.5, 0.6) is 0 Å². The molecule has 1 amide bonds. The van der Waals surface area contributed by atoms with Crippen LogP contribution in [0.3, 0.4) is 0 Å². The monoisotopic (exact) mass is 638 g/mol. The molecule has 230 valence electrons. The molecule has 0 bridgehead atoms. The summed E-state index contributed by atoms with van der Waals surface area (Å²) in [6.45, 7) is 5.38. The van der Waals surface area contributed by atoms with Crippen LogP contribution in [0, 0.1) is 0 Å². The molecule has 4 aromatic rings. The predicted octanol–water partition coefficient (Wildman–Crippen LogP) is 5.11. The molecule has 0 unspecified atom stereocenters. The van der Waals surface area contributed by atoms with Crippen LogP contribution in [0.25, 0.3) is 23.0 Å². The van der Waals surface area contributed by atoms with Gasteiger partial charge in [0, 0.05) is 63.1 Å². The summed E-state index contributed by atoms with van der Waals surface area (Å²) in [6, 6.07) is 27.1. The minimum Gasteiger partial charge on any atom is -0.348 e. The van der Waals surface area contributed by atoms with E-state index in [1.807, 2.05) is 54.7 Å². The first kappa shape index (κ1) is 29.7. The molecule has 0 saturated carbocycles. The second kappa shape index (κ2) is 12.8. The molecule has 0 spiro atoms. The molecule has 0 aliphatic carbocycles. The summed E-state index contributed by atoms with van der Waals surface area (Å²) in [5.41, 5.74) is 4.14. The summed E-state index contributed by atoms with van der Waals surface area (Å²) in [6.07, 6.45) is 5.46. The Morgan fingerprint density at radius 2 is 1.53 bits per heavy atom. The number of benzene rings is 3. The Hall–Kier alpha value is -4.03. The van der Waals surface area contributed by atoms with E-state index in [2.05, 4.69) is 39.1 Å². The van der Waals surface area contributed by atoms with Crippen molar-refractivity contribution < 1.29 is 13.2 Å². The van der Waals surface area contributed by atoms with Gasteiger partial charge < -0.3 is 4.90 Å². The van der Waals surface area contributed by atoms with E-state index in [9.17, 15) is 13.2 Å². The molecule has 4 heterocycles. The van der Waals surface area contributed by atoms with Crippen molar-refractivity contribution in [1.29, 1.82) is 0 Å². The number of hydrogen-bond donors (Lipinski definition) is 0. The topological polar surface area (TPSA) is 91.1 Å². The van der Waals surface area contributed by atoms with Crippen molar-refractivity contribution >= 4 is 38.9 Å². The van der Waals surface area contributed by atoms with Gasteiger partial charge in [0.2, 0.25) is 10.0 Å². The SMILES string of the molecule is O=C1N=C(N2CCN(Cc3ccccc3)CC2)SC1=Cc1cn(-c2ccccc2)nc1-c1cccc(S(=O)(=O)N2CCCC2)c1. The normalized spacial score (nSPS) is 19.0. The van der Waals surface area contributed by atoms with Crippen LogP contribution in [0.4, 0.5) is 0 Å². The Morgan fingerprint density at radius 1 is 0.822 bits per heavy atom. The fourth-order valence-corrected chi connectivity index (χ4v) is 8.44. The van der Waals surface area contributed by atoms with Gasteiger partial charge in [0.05, 0.1) is 15.5 Å². The number of carbonyl (C=O) groups is 1. The maximum absolute atomic E-state index is 13.4. The van der Waals surface area contributed by atoms with E-state index >= 15 is 0 Å². The van der Waals surface area contributed by atoms with Crippen LogP contribution in [0.2, 0.25) is 0 Å². The van der Waals surface area contributed by atoms with Crippen LogP contribution >= 0.6 is 11.8 Å². The van der Waals surface area contributed by atoms with Gasteiger partial charge in [0.25, 0.3) is 5.91 Å². The summed E-state index contributed by atoms with van der Waals surface area (Å²) < 4.78 is 30.0. The highest BCUT2D eigenvalue weighted by Gasteiger charge is 2.30. The minimum absolute atomic E-state index is 0.248. The summed E-state index contributed by atoms with van der Waals surface area (Å²) in [5, 5.41) is 5.60. The van der Waals surface area contributed by atoms with Gasteiger partial charge in [0.1, 0.15) is 5.69 Å². The van der Waals surface area contributed by atoms with Crippen molar-refractivity contribution in [2.45, 2.75) is 24.3 Å². The zero-order valence-corrected chi connectivity index (χ0v) is 26.5. The Labute approximate surface area is 267 Å². The lowest BCUT2D eigenvalue weighted by molar-refractivity contribution is -0.113. The zero-order chi connectivity index (χ0) is 30.8. The number of nitrogens with zero attached hydrogens (tertiary/aromatic N) is 6. The molecule has 0 N–H and O–H groups in total. The van der Waals surface area contributed by atoms with Crippen molar-refractivity contribution in [3.8, 4) is 16.9 Å². The third kappa shape index (κ3) is 6.39. The predicted molar refractivity (Wildman–Crippen MR) is 178 cm³/mol. The molecule has 3 aliphatic rings. The van der Waals surface area contributed by atoms with Crippen molar-refractivity contribution in [2.24, 2.45) is 4.99 Å². The molecular formula is C34H34N6O3S2. The Balaban J connectivity index is 1.14. The third-order valence-corrected chi connectivity index (χ3v) is 11.3. The van der Waals surface area contributed by atoms with E-state index < -0.39 is 10.0 Å². The molecule has 3 aromatic carbocycles. The maximum Gasteiger partial charge on any atom is 0.286 e. The molecule has 0 atom stereocenters. The van der Waals surface area contributed by atoms with Gasteiger partial charge in [-0.2, -0.15) is 14.4 Å². The van der Waals surface area contributed by atoms with Crippen LogP contribution < -0.4 is 0 Å². The molecule has 7 rings (SSSR count). The van der Waals surface area contributed by atoms with Gasteiger partial charge in [0.15, 0.2) is 5.17 Å². The molecule has 1 aromatic heterocycles. The standard InChI is InChI=1S/C34H34N6O3S2/c41-33-31(44-34(35-33)38-20-18-37(19-21-38)24-26-10-3-1-4-11-26)23-28-25-40(29-13-5-2-6-14-29)36-32(28)27-12-9-15-30(22-27)45(42,43)39-16-7-8-17-39/h1-6,9-15,22-23,25H,7-8,16-21,24H2. The molecule has 0 radical (unpaired) electrons. The minimum atomic E-state index is -3.60. The van der Waals surface area contributed by atoms with Gasteiger partial charge >= 0.3 is 0 Å². The summed E-state index contributed by atoms with van der Waals surface area (Å²) in [7, 11) is -3.60. The van der Waals surface area contributed by atoms with Crippen molar-refractivity contribution in [1.82, 2.24) is 23.9 Å². The average Bonchev–Trinajstić information content (AvgIpc) is 3.84. The van der Waals surface area contributed by atoms with E-state index in [0.29, 0.717) is 29.3 Å². The van der Waals surface area contributed by atoms with E-state index in [4.69, 9.17) is 5.10 Å². The first-order chi connectivity index (χ1) is 21.9. The van der Waals surface area contributed by atoms with Gasteiger partial charge in [-0.3, -0.25) is 9.69 Å². The van der Waals surface area contributed by atoms with Crippen molar-refractivity contribution in [3.63, 3.8) is 0 Å². The molecule has 3 aliphatic heterocycles.